The number of hydrogen-bond acceptors (Lipinski definition) is 6. The van der Waals surface area contributed by atoms with Crippen LogP contribution in [-0.4, -0.2) is 40.7 Å². The Bertz CT molecular complexity index is 975. The maximum absolute atomic E-state index is 12.7. The van der Waals surface area contributed by atoms with Crippen LogP contribution < -0.4 is 9.47 Å². The number of nitrogens with zero attached hydrogens (tertiary/aromatic N) is 3. The summed E-state index contributed by atoms with van der Waals surface area (Å²) in [7, 11) is 1.64. The molecule has 0 N–H and O–H groups in total. The Morgan fingerprint density at radius 2 is 1.93 bits per heavy atom. The van der Waals surface area contributed by atoms with E-state index in [1.54, 1.807) is 31.3 Å². The molecule has 0 fully saturated rings. The van der Waals surface area contributed by atoms with Gasteiger partial charge in [-0.2, -0.15) is 4.98 Å². The molecular formula is C19H16ClN3O4. The van der Waals surface area contributed by atoms with Crippen LogP contribution in [0.2, 0.25) is 5.02 Å². The maximum Gasteiger partial charge on any atom is 0.267 e. The average Bonchev–Trinajstić information content (AvgIpc) is 3.15. The van der Waals surface area contributed by atoms with Crippen LogP contribution in [-0.2, 0) is 11.3 Å². The molecule has 0 aliphatic carbocycles. The number of fused-ring (bicyclic) bond motifs is 1. The van der Waals surface area contributed by atoms with Gasteiger partial charge in [-0.15, -0.1) is 0 Å². The Hall–Kier alpha value is -3.06. The third-order valence-corrected chi connectivity index (χ3v) is 4.45. The van der Waals surface area contributed by atoms with E-state index in [0.717, 1.165) is 0 Å². The first-order valence-corrected chi connectivity index (χ1v) is 8.70. The fourth-order valence-corrected chi connectivity index (χ4v) is 2.96. The highest BCUT2D eigenvalue weighted by molar-refractivity contribution is 6.33. The lowest BCUT2D eigenvalue weighted by Crippen LogP contribution is -2.44. The fraction of sp³-hybridized carbons (Fsp3) is 0.211. The summed E-state index contributed by atoms with van der Waals surface area (Å²) in [6.45, 7) is 0.298. The normalized spacial score (nSPS) is 15.4. The van der Waals surface area contributed by atoms with Crippen LogP contribution >= 0.6 is 11.6 Å². The van der Waals surface area contributed by atoms with Crippen LogP contribution in [0.3, 0.4) is 0 Å². The number of para-hydroxylation sites is 2. The first-order valence-electron chi connectivity index (χ1n) is 8.33. The van der Waals surface area contributed by atoms with E-state index in [1.165, 1.54) is 4.90 Å². The Morgan fingerprint density at radius 3 is 2.74 bits per heavy atom. The van der Waals surface area contributed by atoms with Gasteiger partial charge in [0.15, 0.2) is 11.5 Å². The second kappa shape index (κ2) is 7.28. The van der Waals surface area contributed by atoms with Gasteiger partial charge in [-0.25, -0.2) is 0 Å². The predicted octanol–water partition coefficient (Wildman–Crippen LogP) is 3.19. The molecule has 3 aromatic rings. The highest BCUT2D eigenvalue weighted by Crippen LogP contribution is 2.31. The van der Waals surface area contributed by atoms with Crippen molar-refractivity contribution in [2.45, 2.75) is 12.6 Å². The van der Waals surface area contributed by atoms with Gasteiger partial charge in [0, 0.05) is 12.6 Å². The summed E-state index contributed by atoms with van der Waals surface area (Å²) in [5.41, 5.74) is 0.670. The van der Waals surface area contributed by atoms with Gasteiger partial charge < -0.3 is 18.9 Å². The van der Waals surface area contributed by atoms with Crippen LogP contribution in [0.15, 0.2) is 53.1 Å². The molecule has 27 heavy (non-hydrogen) atoms. The monoisotopic (exact) mass is 385 g/mol. The van der Waals surface area contributed by atoms with Crippen LogP contribution in [0.25, 0.3) is 11.4 Å². The molecule has 0 spiro atoms. The number of ether oxygens (including phenoxy) is 2. The van der Waals surface area contributed by atoms with Gasteiger partial charge in [0.25, 0.3) is 5.91 Å². The average molecular weight is 386 g/mol. The Morgan fingerprint density at radius 1 is 1.19 bits per heavy atom. The maximum atomic E-state index is 12.7. The molecule has 7 nitrogen and oxygen atoms in total. The van der Waals surface area contributed by atoms with E-state index in [-0.39, 0.29) is 19.1 Å². The summed E-state index contributed by atoms with van der Waals surface area (Å²) in [5, 5.41) is 4.47. The van der Waals surface area contributed by atoms with Crippen molar-refractivity contribution in [3.05, 3.63) is 59.4 Å². The van der Waals surface area contributed by atoms with E-state index in [4.69, 9.17) is 25.6 Å². The van der Waals surface area contributed by atoms with E-state index in [2.05, 4.69) is 10.1 Å². The number of amides is 1. The molecule has 1 aliphatic rings. The van der Waals surface area contributed by atoms with Crippen molar-refractivity contribution in [1.82, 2.24) is 15.0 Å². The van der Waals surface area contributed by atoms with Crippen LogP contribution in [0.5, 0.6) is 11.5 Å². The molecule has 0 unspecified atom stereocenters. The second-order valence-electron chi connectivity index (χ2n) is 6.05. The van der Waals surface area contributed by atoms with Crippen molar-refractivity contribution in [2.24, 2.45) is 0 Å². The number of hydrogen-bond donors (Lipinski definition) is 0. The molecule has 2 aromatic carbocycles. The summed E-state index contributed by atoms with van der Waals surface area (Å²) in [6, 6.07) is 14.5. The van der Waals surface area contributed by atoms with Crippen molar-refractivity contribution >= 4 is 17.5 Å². The Labute approximate surface area is 160 Å². The van der Waals surface area contributed by atoms with Crippen LogP contribution in [0.4, 0.5) is 0 Å². The topological polar surface area (TPSA) is 77.7 Å². The standard InChI is InChI=1S/C19H16ClN3O4/c1-23(19(24)16-11-25-14-8-4-5-9-15(14)26-16)10-17-21-18(22-27-17)12-6-2-3-7-13(12)20/h2-9,16H,10-11H2,1H3/t16-/m1/s1. The number of aromatic nitrogens is 2. The summed E-state index contributed by atoms with van der Waals surface area (Å²) in [4.78, 5) is 18.4. The summed E-state index contributed by atoms with van der Waals surface area (Å²) in [5.74, 6) is 1.63. The highest BCUT2D eigenvalue weighted by Gasteiger charge is 2.30. The quantitative estimate of drug-likeness (QED) is 0.686. The Balaban J connectivity index is 1.43. The summed E-state index contributed by atoms with van der Waals surface area (Å²) in [6.07, 6.45) is -0.726. The first-order chi connectivity index (χ1) is 13.1. The van der Waals surface area contributed by atoms with Crippen molar-refractivity contribution in [3.63, 3.8) is 0 Å². The summed E-state index contributed by atoms with van der Waals surface area (Å²) >= 11 is 6.15. The van der Waals surface area contributed by atoms with E-state index in [1.807, 2.05) is 24.3 Å². The molecule has 1 aromatic heterocycles. The van der Waals surface area contributed by atoms with Crippen molar-refractivity contribution in [3.8, 4) is 22.9 Å². The molecule has 0 saturated heterocycles. The lowest BCUT2D eigenvalue weighted by molar-refractivity contribution is -0.140. The van der Waals surface area contributed by atoms with Crippen molar-refractivity contribution in [2.75, 3.05) is 13.7 Å². The minimum absolute atomic E-state index is 0.148. The van der Waals surface area contributed by atoms with Gasteiger partial charge in [0.1, 0.15) is 6.61 Å². The number of benzene rings is 2. The molecule has 138 valence electrons. The van der Waals surface area contributed by atoms with E-state index in [9.17, 15) is 4.79 Å². The van der Waals surface area contributed by atoms with Crippen molar-refractivity contribution in [1.29, 1.82) is 0 Å². The molecule has 1 amide bonds. The van der Waals surface area contributed by atoms with Gasteiger partial charge in [-0.05, 0) is 24.3 Å². The number of halogens is 1. The molecule has 2 heterocycles. The van der Waals surface area contributed by atoms with E-state index < -0.39 is 6.10 Å². The van der Waals surface area contributed by atoms with E-state index in [0.29, 0.717) is 33.8 Å². The lowest BCUT2D eigenvalue weighted by atomic mass is 10.2. The van der Waals surface area contributed by atoms with Gasteiger partial charge in [-0.3, -0.25) is 4.79 Å². The molecule has 8 heteroatoms. The second-order valence-corrected chi connectivity index (χ2v) is 6.46. The minimum atomic E-state index is -0.726. The van der Waals surface area contributed by atoms with Gasteiger partial charge in [-0.1, -0.05) is 41.0 Å². The molecule has 1 aliphatic heterocycles. The molecule has 1 atom stereocenters. The van der Waals surface area contributed by atoms with Crippen molar-refractivity contribution < 1.29 is 18.8 Å². The molecule has 0 bridgehead atoms. The summed E-state index contributed by atoms with van der Waals surface area (Å²) < 4.78 is 16.6. The molecule has 0 saturated carbocycles. The SMILES string of the molecule is CN(Cc1nc(-c2ccccc2Cl)no1)C(=O)[C@H]1COc2ccccc2O1. The van der Waals surface area contributed by atoms with Crippen LogP contribution in [0.1, 0.15) is 5.89 Å². The van der Waals surface area contributed by atoms with Gasteiger partial charge in [0.2, 0.25) is 17.8 Å². The van der Waals surface area contributed by atoms with Gasteiger partial charge in [0.05, 0.1) is 11.6 Å². The highest BCUT2D eigenvalue weighted by atomic mass is 35.5. The number of rotatable bonds is 4. The Kier molecular flexibility index (Phi) is 4.68. The molecule has 4 rings (SSSR count). The van der Waals surface area contributed by atoms with E-state index >= 15 is 0 Å². The predicted molar refractivity (Wildman–Crippen MR) is 97.6 cm³/mol. The van der Waals surface area contributed by atoms with Gasteiger partial charge >= 0.3 is 0 Å². The zero-order valence-electron chi connectivity index (χ0n) is 14.5. The number of carbonyl (C=O) groups excluding carboxylic acids is 1. The number of likely N-dealkylation sites (N-methyl/N-ethyl adjacent to an activating group) is 1. The molecule has 0 radical (unpaired) electrons. The first kappa shape index (κ1) is 17.4. The zero-order chi connectivity index (χ0) is 18.8. The number of carbonyl (C=O) groups is 1. The van der Waals surface area contributed by atoms with Crippen LogP contribution in [0, 0.1) is 0 Å². The largest absolute Gasteiger partial charge is 0.485 e. The lowest BCUT2D eigenvalue weighted by Gasteiger charge is -2.28. The molecular weight excluding hydrogens is 370 g/mol. The third kappa shape index (κ3) is 3.59. The smallest absolute Gasteiger partial charge is 0.267 e. The minimum Gasteiger partial charge on any atom is -0.485 e. The zero-order valence-corrected chi connectivity index (χ0v) is 15.2. The third-order valence-electron chi connectivity index (χ3n) is 4.12. The fourth-order valence-electron chi connectivity index (χ4n) is 2.74.